The topological polar surface area (TPSA) is 68.0 Å². The number of nitrogens with zero attached hydrogens (tertiary/aromatic N) is 5. The first-order valence-corrected chi connectivity index (χ1v) is 10.0. The monoisotopic (exact) mass is 386 g/mol. The van der Waals surface area contributed by atoms with Gasteiger partial charge in [-0.05, 0) is 54.6 Å². The molecule has 6 nitrogen and oxygen atoms in total. The molecule has 0 unspecified atom stereocenters. The molecule has 0 fully saturated rings. The van der Waals surface area contributed by atoms with Crippen LogP contribution in [0.4, 0.5) is 5.95 Å². The number of rotatable bonds is 5. The molecule has 5 rings (SSSR count). The number of hydrogen-bond acceptors (Lipinski definition) is 6. The quantitative estimate of drug-likeness (QED) is 0.486. The normalized spacial score (nSPS) is 11.3. The first-order chi connectivity index (χ1) is 13.8. The molecule has 0 atom stereocenters. The molecule has 0 saturated heterocycles. The first-order valence-electron chi connectivity index (χ1n) is 9.12. The third-order valence-corrected chi connectivity index (χ3v) is 5.78. The second kappa shape index (κ2) is 7.01. The summed E-state index contributed by atoms with van der Waals surface area (Å²) in [5.74, 6) is 1.34. The minimum Gasteiger partial charge on any atom is -0.354 e. The van der Waals surface area contributed by atoms with Gasteiger partial charge in [-0.1, -0.05) is 12.1 Å². The molecule has 4 aromatic heterocycles. The van der Waals surface area contributed by atoms with Crippen molar-refractivity contribution in [2.75, 3.05) is 11.9 Å². The predicted octanol–water partition coefficient (Wildman–Crippen LogP) is 4.36. The number of benzene rings is 1. The molecule has 0 spiro atoms. The van der Waals surface area contributed by atoms with Gasteiger partial charge in [0.1, 0.15) is 0 Å². The average molecular weight is 386 g/mol. The maximum Gasteiger partial charge on any atom is 0.226 e. The van der Waals surface area contributed by atoms with E-state index < -0.39 is 0 Å². The Morgan fingerprint density at radius 3 is 2.82 bits per heavy atom. The number of fused-ring (bicyclic) bond motifs is 3. The molecule has 0 aliphatic heterocycles. The van der Waals surface area contributed by atoms with Gasteiger partial charge in [0.15, 0.2) is 11.5 Å². The summed E-state index contributed by atoms with van der Waals surface area (Å²) in [6, 6.07) is 14.0. The lowest BCUT2D eigenvalue weighted by Gasteiger charge is -2.08. The van der Waals surface area contributed by atoms with Crippen molar-refractivity contribution in [1.29, 1.82) is 0 Å². The van der Waals surface area contributed by atoms with Crippen LogP contribution >= 0.6 is 11.3 Å². The van der Waals surface area contributed by atoms with Crippen molar-refractivity contribution < 1.29 is 0 Å². The number of aromatic nitrogens is 5. The van der Waals surface area contributed by atoms with Crippen LogP contribution in [0.3, 0.4) is 0 Å². The molecule has 4 heterocycles. The number of hydrogen-bond donors (Lipinski definition) is 1. The highest BCUT2D eigenvalue weighted by atomic mass is 32.1. The molecule has 0 aliphatic carbocycles. The fraction of sp³-hybridized carbons (Fsp3) is 0.143. The lowest BCUT2D eigenvalue weighted by molar-refractivity contribution is 0.909. The highest BCUT2D eigenvalue weighted by molar-refractivity contribution is 7.10. The molecule has 1 N–H and O–H groups in total. The summed E-state index contributed by atoms with van der Waals surface area (Å²) in [4.78, 5) is 15.1. The van der Waals surface area contributed by atoms with Gasteiger partial charge in [-0.3, -0.25) is 4.98 Å². The third kappa shape index (κ3) is 2.99. The van der Waals surface area contributed by atoms with Crippen molar-refractivity contribution in [2.45, 2.75) is 13.3 Å². The van der Waals surface area contributed by atoms with Gasteiger partial charge in [-0.15, -0.1) is 16.4 Å². The maximum absolute atomic E-state index is 4.79. The smallest absolute Gasteiger partial charge is 0.226 e. The minimum absolute atomic E-state index is 0.642. The van der Waals surface area contributed by atoms with Crippen LogP contribution < -0.4 is 5.32 Å². The van der Waals surface area contributed by atoms with Crippen LogP contribution in [0, 0.1) is 6.92 Å². The molecule has 28 heavy (non-hydrogen) atoms. The van der Waals surface area contributed by atoms with E-state index in [1.807, 2.05) is 36.4 Å². The van der Waals surface area contributed by atoms with E-state index in [0.717, 1.165) is 35.1 Å². The van der Waals surface area contributed by atoms with Crippen molar-refractivity contribution >= 4 is 33.8 Å². The number of pyridine rings is 1. The zero-order valence-corrected chi connectivity index (χ0v) is 16.1. The van der Waals surface area contributed by atoms with E-state index in [0.29, 0.717) is 11.8 Å². The van der Waals surface area contributed by atoms with Gasteiger partial charge >= 0.3 is 0 Å². The van der Waals surface area contributed by atoms with Crippen LogP contribution in [0.1, 0.15) is 10.4 Å². The van der Waals surface area contributed by atoms with E-state index >= 15 is 0 Å². The van der Waals surface area contributed by atoms with E-state index in [2.05, 4.69) is 28.7 Å². The van der Waals surface area contributed by atoms with E-state index in [1.54, 1.807) is 28.2 Å². The molecule has 0 radical (unpaired) electrons. The van der Waals surface area contributed by atoms with E-state index in [9.17, 15) is 0 Å². The van der Waals surface area contributed by atoms with Crippen molar-refractivity contribution in [3.8, 4) is 11.4 Å². The van der Waals surface area contributed by atoms with Crippen LogP contribution in [-0.4, -0.2) is 31.1 Å². The second-order valence-electron chi connectivity index (χ2n) is 6.57. The molecular weight excluding hydrogens is 368 g/mol. The Morgan fingerprint density at radius 2 is 2.00 bits per heavy atom. The fourth-order valence-electron chi connectivity index (χ4n) is 3.24. The lowest BCUT2D eigenvalue weighted by Crippen LogP contribution is -2.11. The van der Waals surface area contributed by atoms with Gasteiger partial charge in [0.05, 0.1) is 5.52 Å². The number of nitrogens with one attached hydrogen (secondary N) is 1. The van der Waals surface area contributed by atoms with Crippen LogP contribution in [0.5, 0.6) is 0 Å². The number of para-hydroxylation sites is 1. The van der Waals surface area contributed by atoms with Crippen molar-refractivity contribution in [2.24, 2.45) is 0 Å². The van der Waals surface area contributed by atoms with Gasteiger partial charge in [0.2, 0.25) is 5.95 Å². The summed E-state index contributed by atoms with van der Waals surface area (Å²) >= 11 is 1.79. The van der Waals surface area contributed by atoms with Crippen LogP contribution in [-0.2, 0) is 6.42 Å². The highest BCUT2D eigenvalue weighted by Gasteiger charge is 2.14. The van der Waals surface area contributed by atoms with Crippen molar-refractivity contribution in [1.82, 2.24) is 24.6 Å². The molecule has 138 valence electrons. The molecule has 0 saturated carbocycles. The first kappa shape index (κ1) is 16.8. The molecule has 1 aromatic carbocycles. The Bertz CT molecular complexity index is 1260. The SMILES string of the molecule is Cc1ccsc1CCNc1nc2ccccc2c2nc(-c3cccnc3)nn12. The minimum atomic E-state index is 0.642. The largest absolute Gasteiger partial charge is 0.354 e. The Hall–Kier alpha value is -3.32. The maximum atomic E-state index is 4.79. The summed E-state index contributed by atoms with van der Waals surface area (Å²) in [5.41, 5.74) is 3.91. The van der Waals surface area contributed by atoms with Gasteiger partial charge in [0.25, 0.3) is 0 Å². The van der Waals surface area contributed by atoms with Crippen molar-refractivity contribution in [3.05, 3.63) is 70.7 Å². The summed E-state index contributed by atoms with van der Waals surface area (Å²) in [6.07, 6.45) is 4.47. The number of aryl methyl sites for hydroxylation is 1. The summed E-state index contributed by atoms with van der Waals surface area (Å²) < 4.78 is 1.80. The summed E-state index contributed by atoms with van der Waals surface area (Å²) in [7, 11) is 0. The van der Waals surface area contributed by atoms with Gasteiger partial charge in [-0.25, -0.2) is 9.97 Å². The van der Waals surface area contributed by atoms with Crippen LogP contribution in [0.25, 0.3) is 27.9 Å². The van der Waals surface area contributed by atoms with E-state index in [1.165, 1.54) is 10.4 Å². The molecule has 0 amide bonds. The molecule has 0 aliphatic rings. The average Bonchev–Trinajstić information content (AvgIpc) is 3.36. The molecule has 5 aromatic rings. The van der Waals surface area contributed by atoms with E-state index in [4.69, 9.17) is 15.1 Å². The van der Waals surface area contributed by atoms with Crippen LogP contribution in [0.15, 0.2) is 60.2 Å². The van der Waals surface area contributed by atoms with Gasteiger partial charge in [0, 0.05) is 34.8 Å². The second-order valence-corrected chi connectivity index (χ2v) is 7.57. The third-order valence-electron chi connectivity index (χ3n) is 4.70. The Labute approximate surface area is 165 Å². The standard InChI is InChI=1S/C21H18N6S/c1-14-9-12-28-18(14)8-11-23-21-24-17-7-3-2-6-16(17)20-25-19(26-27(20)21)15-5-4-10-22-13-15/h2-7,9-10,12-13H,8,11H2,1H3,(H,23,24). The Morgan fingerprint density at radius 1 is 1.07 bits per heavy atom. The van der Waals surface area contributed by atoms with Crippen LogP contribution in [0.2, 0.25) is 0 Å². The van der Waals surface area contributed by atoms with E-state index in [-0.39, 0.29) is 0 Å². The highest BCUT2D eigenvalue weighted by Crippen LogP contribution is 2.24. The number of anilines is 1. The Balaban J connectivity index is 1.56. The zero-order valence-electron chi connectivity index (χ0n) is 15.3. The van der Waals surface area contributed by atoms with Crippen molar-refractivity contribution in [3.63, 3.8) is 0 Å². The summed E-state index contributed by atoms with van der Waals surface area (Å²) in [5, 5.41) is 11.3. The predicted molar refractivity (Wildman–Crippen MR) is 113 cm³/mol. The fourth-order valence-corrected chi connectivity index (χ4v) is 4.15. The molecular formula is C21H18N6S. The summed E-state index contributed by atoms with van der Waals surface area (Å²) in [6.45, 7) is 2.93. The number of thiophene rings is 1. The zero-order chi connectivity index (χ0) is 18.9. The lowest BCUT2D eigenvalue weighted by atomic mass is 10.2. The molecule has 0 bridgehead atoms. The van der Waals surface area contributed by atoms with Gasteiger partial charge in [-0.2, -0.15) is 4.52 Å². The van der Waals surface area contributed by atoms with Gasteiger partial charge < -0.3 is 5.32 Å². The molecule has 7 heteroatoms. The Kier molecular flexibility index (Phi) is 4.21.